The Morgan fingerprint density at radius 1 is 1.00 bits per heavy atom. The van der Waals surface area contributed by atoms with Crippen molar-refractivity contribution in [2.45, 2.75) is 32.7 Å². The molecule has 0 spiro atoms. The molecule has 9 nitrogen and oxygen atoms in total. The van der Waals surface area contributed by atoms with Gasteiger partial charge >= 0.3 is 0 Å². The summed E-state index contributed by atoms with van der Waals surface area (Å²) in [5.41, 5.74) is 0. The molecule has 1 aromatic heterocycles. The maximum absolute atomic E-state index is 12.6. The lowest BCUT2D eigenvalue weighted by molar-refractivity contribution is -0.147. The van der Waals surface area contributed by atoms with Crippen LogP contribution in [0.1, 0.15) is 25.1 Å². The fraction of sp³-hybridized carbons (Fsp3) is 0.706. The Morgan fingerprint density at radius 3 is 2.26 bits per heavy atom. The van der Waals surface area contributed by atoms with E-state index < -0.39 is 10.0 Å². The summed E-state index contributed by atoms with van der Waals surface area (Å²) >= 11 is 0. The number of nitrogens with zero attached hydrogens (tertiary/aromatic N) is 5. The fourth-order valence-electron chi connectivity index (χ4n) is 3.51. The molecule has 27 heavy (non-hydrogen) atoms. The van der Waals surface area contributed by atoms with Crippen LogP contribution in [-0.4, -0.2) is 88.9 Å². The van der Waals surface area contributed by atoms with E-state index in [1.54, 1.807) is 6.20 Å². The number of likely N-dealkylation sites (tertiary alicyclic amines) is 1. The van der Waals surface area contributed by atoms with Crippen LogP contribution in [0.15, 0.2) is 12.4 Å². The molecule has 10 heteroatoms. The van der Waals surface area contributed by atoms with Crippen LogP contribution in [0.5, 0.6) is 0 Å². The van der Waals surface area contributed by atoms with E-state index in [9.17, 15) is 18.0 Å². The topological polar surface area (TPSA) is 95.8 Å². The van der Waals surface area contributed by atoms with Gasteiger partial charge in [-0.3, -0.25) is 19.4 Å². The van der Waals surface area contributed by atoms with Crippen molar-refractivity contribution in [3.05, 3.63) is 18.2 Å². The summed E-state index contributed by atoms with van der Waals surface area (Å²) in [7, 11) is -3.47. The number of amides is 2. The predicted octanol–water partition coefficient (Wildman–Crippen LogP) is -0.322. The van der Waals surface area contributed by atoms with Gasteiger partial charge in [0.25, 0.3) is 0 Å². The standard InChI is InChI=1S/C17H27N5O4S/c1-15-18-5-6-20(15)10-7-19-8-11-21(12-9-19)27(25,26)14-13-22-16(23)3-2-4-17(22)24/h5-6H,2-4,7-14H2,1H3. The molecule has 150 valence electrons. The summed E-state index contributed by atoms with van der Waals surface area (Å²) < 4.78 is 28.7. The lowest BCUT2D eigenvalue weighted by Crippen LogP contribution is -2.51. The van der Waals surface area contributed by atoms with Crippen LogP contribution in [0.25, 0.3) is 0 Å². The van der Waals surface area contributed by atoms with Crippen molar-refractivity contribution < 1.29 is 18.0 Å². The van der Waals surface area contributed by atoms with Gasteiger partial charge in [-0.05, 0) is 13.3 Å². The molecule has 3 heterocycles. The highest BCUT2D eigenvalue weighted by Crippen LogP contribution is 2.14. The molecule has 0 bridgehead atoms. The molecule has 0 atom stereocenters. The van der Waals surface area contributed by atoms with Crippen molar-refractivity contribution in [3.63, 3.8) is 0 Å². The second-order valence-electron chi connectivity index (χ2n) is 7.02. The minimum atomic E-state index is -3.47. The minimum Gasteiger partial charge on any atom is -0.334 e. The fourth-order valence-corrected chi connectivity index (χ4v) is 4.90. The van der Waals surface area contributed by atoms with E-state index in [2.05, 4.69) is 14.5 Å². The summed E-state index contributed by atoms with van der Waals surface area (Å²) in [5.74, 6) is 0.249. The molecule has 2 saturated heterocycles. The van der Waals surface area contributed by atoms with Crippen LogP contribution in [-0.2, 0) is 26.2 Å². The number of aromatic nitrogens is 2. The van der Waals surface area contributed by atoms with E-state index in [4.69, 9.17) is 0 Å². The highest BCUT2D eigenvalue weighted by atomic mass is 32.2. The van der Waals surface area contributed by atoms with Gasteiger partial charge in [-0.15, -0.1) is 0 Å². The number of hydrogen-bond donors (Lipinski definition) is 0. The number of carbonyl (C=O) groups is 2. The molecular formula is C17H27N5O4S. The van der Waals surface area contributed by atoms with Gasteiger partial charge in [-0.2, -0.15) is 4.31 Å². The maximum atomic E-state index is 12.6. The molecule has 2 amide bonds. The van der Waals surface area contributed by atoms with Crippen LogP contribution in [0.3, 0.4) is 0 Å². The van der Waals surface area contributed by atoms with Crippen molar-refractivity contribution in [2.75, 3.05) is 45.0 Å². The third kappa shape index (κ3) is 4.94. The molecule has 1 aromatic rings. The van der Waals surface area contributed by atoms with E-state index in [0.29, 0.717) is 45.4 Å². The molecule has 0 radical (unpaired) electrons. The Kier molecular flexibility index (Phi) is 6.28. The molecule has 0 N–H and O–H groups in total. The number of hydrogen-bond acceptors (Lipinski definition) is 6. The average molecular weight is 398 g/mol. The number of aryl methyl sites for hydroxylation is 1. The molecule has 0 aliphatic carbocycles. The number of carbonyl (C=O) groups excluding carboxylic acids is 2. The first-order valence-corrected chi connectivity index (χ1v) is 11.0. The molecule has 0 unspecified atom stereocenters. The quantitative estimate of drug-likeness (QED) is 0.585. The Bertz CT molecular complexity index is 767. The molecule has 2 aliphatic rings. The second-order valence-corrected chi connectivity index (χ2v) is 9.11. The molecule has 3 rings (SSSR count). The Hall–Kier alpha value is -1.78. The monoisotopic (exact) mass is 397 g/mol. The van der Waals surface area contributed by atoms with Gasteiger partial charge in [-0.25, -0.2) is 13.4 Å². The summed E-state index contributed by atoms with van der Waals surface area (Å²) in [6.45, 7) is 5.82. The zero-order chi connectivity index (χ0) is 19.4. The number of imidazole rings is 1. The third-order valence-electron chi connectivity index (χ3n) is 5.26. The summed E-state index contributed by atoms with van der Waals surface area (Å²) in [5, 5.41) is 0. The van der Waals surface area contributed by atoms with Crippen LogP contribution >= 0.6 is 0 Å². The van der Waals surface area contributed by atoms with Crippen molar-refractivity contribution in [1.82, 2.24) is 23.7 Å². The summed E-state index contributed by atoms with van der Waals surface area (Å²) in [6.07, 6.45) is 4.92. The molecule has 0 saturated carbocycles. The first-order chi connectivity index (χ1) is 12.9. The molecule has 2 fully saturated rings. The Morgan fingerprint density at radius 2 is 1.67 bits per heavy atom. The van der Waals surface area contributed by atoms with Crippen molar-refractivity contribution >= 4 is 21.8 Å². The van der Waals surface area contributed by atoms with E-state index in [0.717, 1.165) is 23.8 Å². The van der Waals surface area contributed by atoms with Gasteiger partial charge in [0.2, 0.25) is 21.8 Å². The van der Waals surface area contributed by atoms with Gasteiger partial charge in [0.15, 0.2) is 0 Å². The summed E-state index contributed by atoms with van der Waals surface area (Å²) in [6, 6.07) is 0. The predicted molar refractivity (Wildman–Crippen MR) is 99.3 cm³/mol. The SMILES string of the molecule is Cc1nccn1CCN1CCN(S(=O)(=O)CCN2C(=O)CCCC2=O)CC1. The van der Waals surface area contributed by atoms with Crippen LogP contribution in [0, 0.1) is 6.92 Å². The van der Waals surface area contributed by atoms with Gasteiger partial charge in [-0.1, -0.05) is 0 Å². The zero-order valence-corrected chi connectivity index (χ0v) is 16.5. The van der Waals surface area contributed by atoms with Gasteiger partial charge in [0.1, 0.15) is 5.82 Å². The van der Waals surface area contributed by atoms with E-state index in [1.165, 1.54) is 4.31 Å². The molecular weight excluding hydrogens is 370 g/mol. The largest absolute Gasteiger partial charge is 0.334 e. The highest BCUT2D eigenvalue weighted by Gasteiger charge is 2.31. The smallest absolute Gasteiger partial charge is 0.229 e. The van der Waals surface area contributed by atoms with E-state index >= 15 is 0 Å². The second kappa shape index (κ2) is 8.49. The number of rotatable bonds is 7. The molecule has 0 aromatic carbocycles. The van der Waals surface area contributed by atoms with Crippen LogP contribution in [0.4, 0.5) is 0 Å². The number of imide groups is 1. The average Bonchev–Trinajstić information content (AvgIpc) is 3.05. The van der Waals surface area contributed by atoms with Crippen LogP contribution in [0.2, 0.25) is 0 Å². The van der Waals surface area contributed by atoms with Crippen molar-refractivity contribution in [2.24, 2.45) is 0 Å². The normalized spacial score (nSPS) is 20.4. The maximum Gasteiger partial charge on any atom is 0.229 e. The van der Waals surface area contributed by atoms with Crippen molar-refractivity contribution in [3.8, 4) is 0 Å². The number of piperidine rings is 1. The minimum absolute atomic E-state index is 0.0415. The van der Waals surface area contributed by atoms with Crippen LogP contribution < -0.4 is 0 Å². The summed E-state index contributed by atoms with van der Waals surface area (Å²) in [4.78, 5) is 31.2. The molecule has 2 aliphatic heterocycles. The highest BCUT2D eigenvalue weighted by molar-refractivity contribution is 7.89. The van der Waals surface area contributed by atoms with Gasteiger partial charge < -0.3 is 4.57 Å². The van der Waals surface area contributed by atoms with Crippen molar-refractivity contribution in [1.29, 1.82) is 0 Å². The Labute approximate surface area is 160 Å². The van der Waals surface area contributed by atoms with Gasteiger partial charge in [0.05, 0.1) is 5.75 Å². The zero-order valence-electron chi connectivity index (χ0n) is 15.7. The number of sulfonamides is 1. The number of piperazine rings is 1. The lowest BCUT2D eigenvalue weighted by atomic mass is 10.1. The lowest BCUT2D eigenvalue weighted by Gasteiger charge is -2.34. The first kappa shape index (κ1) is 20.0. The Balaban J connectivity index is 1.45. The van der Waals surface area contributed by atoms with E-state index in [1.807, 2.05) is 13.1 Å². The third-order valence-corrected chi connectivity index (χ3v) is 7.11. The van der Waals surface area contributed by atoms with E-state index in [-0.39, 0.29) is 24.1 Å². The first-order valence-electron chi connectivity index (χ1n) is 9.38. The van der Waals surface area contributed by atoms with Gasteiger partial charge in [0, 0.05) is 71.0 Å².